The van der Waals surface area contributed by atoms with Crippen molar-refractivity contribution in [3.63, 3.8) is 0 Å². The molecule has 168 valence electrons. The fourth-order valence-corrected chi connectivity index (χ4v) is 5.38. The van der Waals surface area contributed by atoms with Gasteiger partial charge in [0.25, 0.3) is 10.0 Å². The number of rotatable bonds is 7. The number of sulfonamides is 1. The van der Waals surface area contributed by atoms with Crippen LogP contribution < -0.4 is 20.1 Å². The monoisotopic (exact) mass is 478 g/mol. The quantitative estimate of drug-likeness (QED) is 0.382. The minimum absolute atomic E-state index is 0.00180. The number of hydrogen-bond acceptors (Lipinski definition) is 7. The number of nitrogens with one attached hydrogen (secondary N) is 1. The molecular formula is C24H22N4O3S2. The molecule has 0 atom stereocenters. The van der Waals surface area contributed by atoms with Gasteiger partial charge in [-0.1, -0.05) is 30.2 Å². The minimum atomic E-state index is -3.97. The Hall–Kier alpha value is -3.74. The second-order valence-electron chi connectivity index (χ2n) is 7.40. The van der Waals surface area contributed by atoms with Crippen LogP contribution in [0.1, 0.15) is 0 Å². The molecule has 9 heteroatoms. The molecule has 0 radical (unpaired) electrons. The molecular weight excluding hydrogens is 456 g/mol. The number of hydrogen-bond donors (Lipinski definition) is 2. The lowest BCUT2D eigenvalue weighted by Gasteiger charge is -2.18. The van der Waals surface area contributed by atoms with Gasteiger partial charge in [-0.3, -0.25) is 4.72 Å². The Morgan fingerprint density at radius 1 is 1.15 bits per heavy atom. The second-order valence-corrected chi connectivity index (χ2v) is 9.94. The standard InChI is InChI=1S/C24H22N4O3S2/c1-4-13-31-22-12-11-16(20-15-32-24(25)26-20)14-19(22)27-33(29,30)23-10-6-7-17-18(23)8-5-9-21(17)28(2)3/h1,5-12,14-15,27H,13H2,2-3H3,(H2,25,26). The molecule has 0 aliphatic rings. The van der Waals surface area contributed by atoms with E-state index in [-0.39, 0.29) is 17.2 Å². The van der Waals surface area contributed by atoms with E-state index in [1.165, 1.54) is 11.3 Å². The van der Waals surface area contributed by atoms with Crippen molar-refractivity contribution in [2.45, 2.75) is 4.90 Å². The molecule has 3 aromatic carbocycles. The Kier molecular flexibility index (Phi) is 6.14. The van der Waals surface area contributed by atoms with Gasteiger partial charge in [0.05, 0.1) is 16.3 Å². The highest BCUT2D eigenvalue weighted by Gasteiger charge is 2.21. The molecule has 0 aliphatic carbocycles. The summed E-state index contributed by atoms with van der Waals surface area (Å²) >= 11 is 1.30. The van der Waals surface area contributed by atoms with Crippen LogP contribution in [0.4, 0.5) is 16.5 Å². The average molecular weight is 479 g/mol. The third-order valence-corrected chi connectivity index (χ3v) is 7.08. The number of benzene rings is 3. The highest BCUT2D eigenvalue weighted by Crippen LogP contribution is 2.35. The van der Waals surface area contributed by atoms with E-state index in [9.17, 15) is 8.42 Å². The smallest absolute Gasteiger partial charge is 0.262 e. The molecule has 0 unspecified atom stereocenters. The normalized spacial score (nSPS) is 11.2. The van der Waals surface area contributed by atoms with Gasteiger partial charge in [-0.25, -0.2) is 13.4 Å². The summed E-state index contributed by atoms with van der Waals surface area (Å²) in [6, 6.07) is 15.9. The summed E-state index contributed by atoms with van der Waals surface area (Å²) in [5.41, 5.74) is 8.28. The van der Waals surface area contributed by atoms with Crippen molar-refractivity contribution in [1.29, 1.82) is 0 Å². The van der Waals surface area contributed by atoms with E-state index in [1.807, 2.05) is 37.2 Å². The molecule has 0 saturated carbocycles. The van der Waals surface area contributed by atoms with Crippen molar-refractivity contribution >= 4 is 48.6 Å². The average Bonchev–Trinajstić information content (AvgIpc) is 3.23. The zero-order chi connectivity index (χ0) is 23.6. The van der Waals surface area contributed by atoms with Crippen LogP contribution in [0, 0.1) is 12.3 Å². The third-order valence-electron chi connectivity index (χ3n) is 4.98. The van der Waals surface area contributed by atoms with E-state index in [2.05, 4.69) is 15.6 Å². The van der Waals surface area contributed by atoms with Gasteiger partial charge in [0.2, 0.25) is 0 Å². The van der Waals surface area contributed by atoms with Crippen LogP contribution in [0.3, 0.4) is 0 Å². The minimum Gasteiger partial charge on any atom is -0.479 e. The summed E-state index contributed by atoms with van der Waals surface area (Å²) in [6.07, 6.45) is 5.33. The van der Waals surface area contributed by atoms with E-state index in [1.54, 1.807) is 41.8 Å². The van der Waals surface area contributed by atoms with Crippen LogP contribution in [0.15, 0.2) is 64.9 Å². The molecule has 7 nitrogen and oxygen atoms in total. The summed E-state index contributed by atoms with van der Waals surface area (Å²) in [7, 11) is -0.133. The first-order valence-corrected chi connectivity index (χ1v) is 12.3. The highest BCUT2D eigenvalue weighted by molar-refractivity contribution is 7.93. The van der Waals surface area contributed by atoms with Crippen LogP contribution in [0.5, 0.6) is 5.75 Å². The molecule has 0 bridgehead atoms. The number of nitrogens with zero attached hydrogens (tertiary/aromatic N) is 2. The lowest BCUT2D eigenvalue weighted by molar-refractivity contribution is 0.372. The first-order valence-electron chi connectivity index (χ1n) is 9.94. The van der Waals surface area contributed by atoms with Crippen LogP contribution >= 0.6 is 11.3 Å². The lowest BCUT2D eigenvalue weighted by atomic mass is 10.1. The maximum Gasteiger partial charge on any atom is 0.262 e. The summed E-state index contributed by atoms with van der Waals surface area (Å²) in [5, 5.41) is 3.68. The molecule has 1 aromatic heterocycles. The van der Waals surface area contributed by atoms with Crippen molar-refractivity contribution in [3.8, 4) is 29.4 Å². The number of anilines is 3. The fourth-order valence-electron chi connectivity index (χ4n) is 3.52. The van der Waals surface area contributed by atoms with Gasteiger partial charge < -0.3 is 15.4 Å². The SMILES string of the molecule is C#CCOc1ccc(-c2csc(N)n2)cc1NS(=O)(=O)c1cccc2c(N(C)C)cccc12. The number of terminal acetylenes is 1. The number of nitrogen functional groups attached to an aromatic ring is 1. The Morgan fingerprint density at radius 2 is 1.91 bits per heavy atom. The van der Waals surface area contributed by atoms with Gasteiger partial charge in [0, 0.05) is 41.5 Å². The topological polar surface area (TPSA) is 97.5 Å². The summed E-state index contributed by atoms with van der Waals surface area (Å²) in [6.45, 7) is -0.00180. The Bertz CT molecular complexity index is 1470. The Labute approximate surface area is 196 Å². The first-order chi connectivity index (χ1) is 15.8. The number of thiazole rings is 1. The number of aromatic nitrogens is 1. The predicted octanol–water partition coefficient (Wildman–Crippen LogP) is 4.42. The van der Waals surface area contributed by atoms with Crippen molar-refractivity contribution in [2.75, 3.05) is 36.1 Å². The molecule has 3 N–H and O–H groups in total. The Balaban J connectivity index is 1.80. The molecule has 0 aliphatic heterocycles. The van der Waals surface area contributed by atoms with Crippen molar-refractivity contribution in [1.82, 2.24) is 4.98 Å². The van der Waals surface area contributed by atoms with Gasteiger partial charge in [-0.05, 0) is 30.3 Å². The van der Waals surface area contributed by atoms with Gasteiger partial charge in [-0.2, -0.15) is 0 Å². The molecule has 4 aromatic rings. The number of fused-ring (bicyclic) bond motifs is 1. The summed E-state index contributed by atoms with van der Waals surface area (Å²) in [5.74, 6) is 2.71. The Morgan fingerprint density at radius 3 is 2.61 bits per heavy atom. The van der Waals surface area contributed by atoms with Crippen LogP contribution in [-0.2, 0) is 10.0 Å². The maximum absolute atomic E-state index is 13.5. The summed E-state index contributed by atoms with van der Waals surface area (Å²) in [4.78, 5) is 6.38. The second kappa shape index (κ2) is 9.02. The van der Waals surface area contributed by atoms with Crippen molar-refractivity contribution < 1.29 is 13.2 Å². The van der Waals surface area contributed by atoms with Crippen LogP contribution in [0.25, 0.3) is 22.0 Å². The summed E-state index contributed by atoms with van der Waals surface area (Å²) < 4.78 is 35.3. The molecule has 0 saturated heterocycles. The van der Waals surface area contributed by atoms with Gasteiger partial charge in [0.1, 0.15) is 12.4 Å². The highest BCUT2D eigenvalue weighted by atomic mass is 32.2. The molecule has 0 amide bonds. The van der Waals surface area contributed by atoms with E-state index >= 15 is 0 Å². The zero-order valence-electron chi connectivity index (χ0n) is 18.1. The van der Waals surface area contributed by atoms with Crippen molar-refractivity contribution in [2.24, 2.45) is 0 Å². The maximum atomic E-state index is 13.5. The van der Waals surface area contributed by atoms with Crippen LogP contribution in [-0.4, -0.2) is 34.1 Å². The van der Waals surface area contributed by atoms with Gasteiger partial charge in [0.15, 0.2) is 5.13 Å². The van der Waals surface area contributed by atoms with E-state index < -0.39 is 10.0 Å². The van der Waals surface area contributed by atoms with Gasteiger partial charge >= 0.3 is 0 Å². The van der Waals surface area contributed by atoms with E-state index in [0.717, 1.165) is 11.1 Å². The predicted molar refractivity (Wildman–Crippen MR) is 135 cm³/mol. The lowest BCUT2D eigenvalue weighted by Crippen LogP contribution is -2.15. The molecule has 0 spiro atoms. The first kappa shape index (κ1) is 22.5. The molecule has 1 heterocycles. The van der Waals surface area contributed by atoms with Gasteiger partial charge in [-0.15, -0.1) is 17.8 Å². The number of nitrogens with two attached hydrogens (primary N) is 1. The van der Waals surface area contributed by atoms with Crippen molar-refractivity contribution in [3.05, 3.63) is 60.0 Å². The van der Waals surface area contributed by atoms with E-state index in [0.29, 0.717) is 27.5 Å². The number of ether oxygens (including phenoxy) is 1. The molecule has 0 fully saturated rings. The largest absolute Gasteiger partial charge is 0.479 e. The zero-order valence-corrected chi connectivity index (χ0v) is 19.7. The fraction of sp³-hybridized carbons (Fsp3) is 0.125. The molecule has 33 heavy (non-hydrogen) atoms. The molecule has 4 rings (SSSR count). The third kappa shape index (κ3) is 4.58. The van der Waals surface area contributed by atoms with E-state index in [4.69, 9.17) is 16.9 Å². The van der Waals surface area contributed by atoms with Crippen LogP contribution in [0.2, 0.25) is 0 Å².